The monoisotopic (exact) mass is 531 g/mol. The van der Waals surface area contributed by atoms with Crippen LogP contribution in [0.4, 0.5) is 0 Å². The van der Waals surface area contributed by atoms with Gasteiger partial charge in [-0.15, -0.1) is 24.0 Å². The summed E-state index contributed by atoms with van der Waals surface area (Å²) in [4.78, 5) is 21.3. The van der Waals surface area contributed by atoms with E-state index in [0.717, 1.165) is 50.8 Å². The molecule has 0 saturated carbocycles. The first-order valence-electron chi connectivity index (χ1n) is 10.8. The molecule has 2 rings (SSSR count). The van der Waals surface area contributed by atoms with Crippen LogP contribution in [0.1, 0.15) is 33.3 Å². The molecule has 1 aromatic carbocycles. The minimum Gasteiger partial charge on any atom is -0.484 e. The van der Waals surface area contributed by atoms with Crippen molar-refractivity contribution in [2.75, 3.05) is 52.4 Å². The third-order valence-electron chi connectivity index (χ3n) is 4.68. The van der Waals surface area contributed by atoms with E-state index in [1.165, 1.54) is 0 Å². The second-order valence-electron chi connectivity index (χ2n) is 7.74. The van der Waals surface area contributed by atoms with E-state index in [1.807, 2.05) is 31.2 Å². The summed E-state index contributed by atoms with van der Waals surface area (Å²) in [5.41, 5.74) is 1.06. The minimum absolute atomic E-state index is 0. The van der Waals surface area contributed by atoms with E-state index in [2.05, 4.69) is 41.2 Å². The van der Waals surface area contributed by atoms with Crippen LogP contribution in [0.15, 0.2) is 29.3 Å². The van der Waals surface area contributed by atoms with Gasteiger partial charge in [0.25, 0.3) is 5.91 Å². The van der Waals surface area contributed by atoms with Gasteiger partial charge in [0.1, 0.15) is 5.75 Å². The Labute approximate surface area is 198 Å². The first-order valence-corrected chi connectivity index (χ1v) is 10.8. The number of guanidine groups is 1. The summed E-state index contributed by atoms with van der Waals surface area (Å²) >= 11 is 0. The van der Waals surface area contributed by atoms with Crippen molar-refractivity contribution in [1.82, 2.24) is 20.4 Å². The number of halogens is 1. The lowest BCUT2D eigenvalue weighted by Gasteiger charge is -2.37. The number of nitrogens with zero attached hydrogens (tertiary/aromatic N) is 3. The van der Waals surface area contributed by atoms with Gasteiger partial charge in [-0.2, -0.15) is 0 Å². The van der Waals surface area contributed by atoms with E-state index in [1.54, 1.807) is 0 Å². The maximum atomic E-state index is 11.6. The number of nitrogens with one attached hydrogen (secondary N) is 2. The largest absolute Gasteiger partial charge is 0.484 e. The highest BCUT2D eigenvalue weighted by atomic mass is 127. The number of ether oxygens (including phenoxy) is 1. The number of hydrogen-bond acceptors (Lipinski definition) is 4. The second-order valence-corrected chi connectivity index (χ2v) is 7.74. The molecule has 1 heterocycles. The molecule has 8 heteroatoms. The Morgan fingerprint density at radius 1 is 1.13 bits per heavy atom. The van der Waals surface area contributed by atoms with Gasteiger partial charge >= 0.3 is 0 Å². The Kier molecular flexibility index (Phi) is 12.8. The van der Waals surface area contributed by atoms with Crippen LogP contribution >= 0.6 is 24.0 Å². The first-order chi connectivity index (χ1) is 14.0. The van der Waals surface area contributed by atoms with Crippen LogP contribution in [0.25, 0.3) is 0 Å². The summed E-state index contributed by atoms with van der Waals surface area (Å²) in [6.07, 6.45) is 0. The zero-order valence-electron chi connectivity index (χ0n) is 18.8. The highest BCUT2D eigenvalue weighted by Gasteiger charge is 2.19. The molecule has 1 saturated heterocycles. The highest BCUT2D eigenvalue weighted by Crippen LogP contribution is 2.14. The number of carbonyl (C=O) groups is 1. The summed E-state index contributed by atoms with van der Waals surface area (Å²) in [7, 11) is 0. The zero-order chi connectivity index (χ0) is 21.1. The van der Waals surface area contributed by atoms with Crippen LogP contribution in [0.5, 0.6) is 5.75 Å². The lowest BCUT2D eigenvalue weighted by atomic mass is 10.2. The van der Waals surface area contributed by atoms with Crippen LogP contribution in [-0.2, 0) is 11.3 Å². The van der Waals surface area contributed by atoms with Crippen molar-refractivity contribution >= 4 is 35.8 Å². The predicted molar refractivity (Wildman–Crippen MR) is 134 cm³/mol. The van der Waals surface area contributed by atoms with Gasteiger partial charge in [-0.3, -0.25) is 9.69 Å². The lowest BCUT2D eigenvalue weighted by molar-refractivity contribution is -0.122. The molecule has 30 heavy (non-hydrogen) atoms. The van der Waals surface area contributed by atoms with Gasteiger partial charge in [-0.1, -0.05) is 26.0 Å². The molecule has 0 atom stereocenters. The van der Waals surface area contributed by atoms with Crippen LogP contribution < -0.4 is 15.4 Å². The Morgan fingerprint density at radius 2 is 1.83 bits per heavy atom. The van der Waals surface area contributed by atoms with E-state index >= 15 is 0 Å². The molecule has 1 aliphatic heterocycles. The van der Waals surface area contributed by atoms with Gasteiger partial charge in [0, 0.05) is 45.8 Å². The SMILES string of the molecule is CCNC(=O)COc1cccc(CN=C(NCC)N2CCN(CC(C)C)CC2)c1.I. The molecule has 0 unspecified atom stereocenters. The summed E-state index contributed by atoms with van der Waals surface area (Å²) in [5, 5.41) is 6.15. The Bertz CT molecular complexity index is 661. The van der Waals surface area contributed by atoms with Gasteiger partial charge in [-0.05, 0) is 37.5 Å². The topological polar surface area (TPSA) is 69.2 Å². The van der Waals surface area contributed by atoms with Crippen molar-refractivity contribution in [2.45, 2.75) is 34.2 Å². The van der Waals surface area contributed by atoms with Crippen molar-refractivity contribution in [2.24, 2.45) is 10.9 Å². The molecular weight excluding hydrogens is 493 g/mol. The molecule has 0 radical (unpaired) electrons. The Morgan fingerprint density at radius 3 is 2.47 bits per heavy atom. The molecule has 0 aromatic heterocycles. The van der Waals surface area contributed by atoms with Crippen LogP contribution in [-0.4, -0.2) is 74.1 Å². The van der Waals surface area contributed by atoms with E-state index in [-0.39, 0.29) is 36.5 Å². The number of amides is 1. The minimum atomic E-state index is -0.109. The first kappa shape index (κ1) is 26.5. The summed E-state index contributed by atoms with van der Waals surface area (Å²) in [6, 6.07) is 7.79. The zero-order valence-corrected chi connectivity index (χ0v) is 21.1. The molecule has 1 amide bonds. The van der Waals surface area contributed by atoms with Gasteiger partial charge in [0.05, 0.1) is 6.54 Å². The van der Waals surface area contributed by atoms with Crippen LogP contribution in [0, 0.1) is 5.92 Å². The van der Waals surface area contributed by atoms with Crippen molar-refractivity contribution in [3.63, 3.8) is 0 Å². The van der Waals surface area contributed by atoms with Gasteiger partial charge < -0.3 is 20.3 Å². The molecule has 1 aromatic rings. The predicted octanol–water partition coefficient (Wildman–Crippen LogP) is 2.56. The summed E-state index contributed by atoms with van der Waals surface area (Å²) in [5.74, 6) is 2.24. The third-order valence-corrected chi connectivity index (χ3v) is 4.68. The standard InChI is InChI=1S/C22H37N5O2.HI/c1-5-23-21(28)17-29-20-9-7-8-19(14-20)15-25-22(24-6-2)27-12-10-26(11-13-27)16-18(3)4;/h7-9,14,18H,5-6,10-13,15-17H2,1-4H3,(H,23,28)(H,24,25);1H. The number of hydrogen-bond donors (Lipinski definition) is 2. The number of aliphatic imine (C=N–C) groups is 1. The van der Waals surface area contributed by atoms with Crippen LogP contribution in [0.3, 0.4) is 0 Å². The molecule has 7 nitrogen and oxygen atoms in total. The number of likely N-dealkylation sites (N-methyl/N-ethyl adjacent to an activating group) is 1. The van der Waals surface area contributed by atoms with E-state index < -0.39 is 0 Å². The van der Waals surface area contributed by atoms with Crippen molar-refractivity contribution in [3.8, 4) is 5.75 Å². The van der Waals surface area contributed by atoms with Crippen LogP contribution in [0.2, 0.25) is 0 Å². The lowest BCUT2D eigenvalue weighted by Crippen LogP contribution is -2.53. The average Bonchev–Trinajstić information content (AvgIpc) is 2.70. The molecule has 170 valence electrons. The van der Waals surface area contributed by atoms with Crippen molar-refractivity contribution in [3.05, 3.63) is 29.8 Å². The molecule has 2 N–H and O–H groups in total. The van der Waals surface area contributed by atoms with E-state index in [4.69, 9.17) is 9.73 Å². The number of piperazine rings is 1. The molecular formula is C22H38IN5O2. The molecule has 0 bridgehead atoms. The second kappa shape index (κ2) is 14.5. The summed E-state index contributed by atoms with van der Waals surface area (Å²) in [6.45, 7) is 15.9. The van der Waals surface area contributed by atoms with E-state index in [0.29, 0.717) is 24.8 Å². The van der Waals surface area contributed by atoms with Crippen molar-refractivity contribution in [1.29, 1.82) is 0 Å². The fourth-order valence-electron chi connectivity index (χ4n) is 3.38. The van der Waals surface area contributed by atoms with Gasteiger partial charge in [-0.25, -0.2) is 4.99 Å². The molecule has 0 aliphatic carbocycles. The third kappa shape index (κ3) is 9.51. The maximum Gasteiger partial charge on any atom is 0.257 e. The highest BCUT2D eigenvalue weighted by molar-refractivity contribution is 14.0. The quantitative estimate of drug-likeness (QED) is 0.291. The Balaban J connectivity index is 0.00000450. The Hall–Kier alpha value is -1.55. The van der Waals surface area contributed by atoms with E-state index in [9.17, 15) is 4.79 Å². The smallest absolute Gasteiger partial charge is 0.257 e. The summed E-state index contributed by atoms with van der Waals surface area (Å²) < 4.78 is 5.58. The number of carbonyl (C=O) groups excluding carboxylic acids is 1. The maximum absolute atomic E-state index is 11.6. The number of rotatable bonds is 9. The van der Waals surface area contributed by atoms with Gasteiger partial charge in [0.15, 0.2) is 12.6 Å². The van der Waals surface area contributed by atoms with Crippen molar-refractivity contribution < 1.29 is 9.53 Å². The fourth-order valence-corrected chi connectivity index (χ4v) is 3.38. The number of benzene rings is 1. The van der Waals surface area contributed by atoms with Gasteiger partial charge in [0.2, 0.25) is 0 Å². The molecule has 1 aliphatic rings. The normalized spacial score (nSPS) is 15.0. The molecule has 1 fully saturated rings. The average molecular weight is 531 g/mol. The molecule has 0 spiro atoms. The fraction of sp³-hybridized carbons (Fsp3) is 0.636.